The van der Waals surface area contributed by atoms with Crippen LogP contribution in [0, 0.1) is 12.8 Å². The summed E-state index contributed by atoms with van der Waals surface area (Å²) < 4.78 is 5.27. The predicted molar refractivity (Wildman–Crippen MR) is 92.1 cm³/mol. The van der Waals surface area contributed by atoms with Gasteiger partial charge in [-0.3, -0.25) is 4.79 Å². The molecule has 126 valence electrons. The van der Waals surface area contributed by atoms with Gasteiger partial charge in [-0.05, 0) is 44.2 Å². The second-order valence-corrected chi connectivity index (χ2v) is 6.84. The second-order valence-electron chi connectivity index (χ2n) is 6.84. The van der Waals surface area contributed by atoms with Gasteiger partial charge < -0.3 is 14.6 Å². The van der Waals surface area contributed by atoms with Crippen LogP contribution in [0.4, 0.5) is 0 Å². The van der Waals surface area contributed by atoms with Gasteiger partial charge in [-0.25, -0.2) is 4.98 Å². The first-order valence-electron chi connectivity index (χ1n) is 8.69. The summed E-state index contributed by atoms with van der Waals surface area (Å²) in [5, 5.41) is 0. The number of nitrogens with one attached hydrogen (secondary N) is 1. The monoisotopic (exact) mass is 325 g/mol. The Balaban J connectivity index is 1.62. The highest BCUT2D eigenvalue weighted by atomic mass is 16.5. The second kappa shape index (κ2) is 5.96. The number of amides is 1. The highest BCUT2D eigenvalue weighted by Gasteiger charge is 2.40. The number of rotatable bonds is 3. The average Bonchev–Trinajstić information content (AvgIpc) is 3.29. The van der Waals surface area contributed by atoms with E-state index in [0.29, 0.717) is 17.7 Å². The van der Waals surface area contributed by atoms with Crippen molar-refractivity contribution < 1.29 is 9.53 Å². The smallest absolute Gasteiger partial charge is 0.274 e. The fraction of sp³-hybridized carbons (Fsp3) is 0.474. The Morgan fingerprint density at radius 3 is 3.04 bits per heavy atom. The highest BCUT2D eigenvalue weighted by Crippen LogP contribution is 2.38. The minimum atomic E-state index is 0.0762. The Bertz CT molecular complexity index is 768. The summed E-state index contributed by atoms with van der Waals surface area (Å²) in [6.07, 6.45) is 4.79. The zero-order valence-corrected chi connectivity index (χ0v) is 14.2. The van der Waals surface area contributed by atoms with Crippen LogP contribution in [-0.2, 0) is 0 Å². The fourth-order valence-electron chi connectivity index (χ4n) is 4.20. The lowest BCUT2D eigenvalue weighted by Gasteiger charge is -2.23. The fourth-order valence-corrected chi connectivity index (χ4v) is 4.20. The van der Waals surface area contributed by atoms with Gasteiger partial charge in [-0.2, -0.15) is 0 Å². The quantitative estimate of drug-likeness (QED) is 0.941. The third-order valence-electron chi connectivity index (χ3n) is 5.45. The lowest BCUT2D eigenvalue weighted by atomic mass is 10.0. The molecule has 1 aromatic heterocycles. The molecule has 2 fully saturated rings. The number of H-pyrrole nitrogens is 1. The van der Waals surface area contributed by atoms with E-state index in [1.807, 2.05) is 31.2 Å². The van der Waals surface area contributed by atoms with Crippen LogP contribution in [0.2, 0.25) is 0 Å². The number of benzene rings is 1. The molecule has 0 unspecified atom stereocenters. The van der Waals surface area contributed by atoms with E-state index in [1.54, 1.807) is 7.11 Å². The first kappa shape index (κ1) is 15.2. The third kappa shape index (κ3) is 2.48. The van der Waals surface area contributed by atoms with Crippen molar-refractivity contribution in [1.82, 2.24) is 14.9 Å². The van der Waals surface area contributed by atoms with E-state index in [1.165, 1.54) is 12.8 Å². The first-order chi connectivity index (χ1) is 11.7. The van der Waals surface area contributed by atoms with Gasteiger partial charge in [0.2, 0.25) is 0 Å². The molecule has 2 aromatic rings. The lowest BCUT2D eigenvalue weighted by molar-refractivity contribution is 0.0722. The Morgan fingerprint density at radius 2 is 2.21 bits per heavy atom. The minimum Gasteiger partial charge on any atom is -0.497 e. The topological polar surface area (TPSA) is 58.2 Å². The van der Waals surface area contributed by atoms with Crippen molar-refractivity contribution in [2.45, 2.75) is 38.6 Å². The summed E-state index contributed by atoms with van der Waals surface area (Å²) in [4.78, 5) is 22.9. The number of methoxy groups -OCH3 is 1. The third-order valence-corrected chi connectivity index (χ3v) is 5.45. The number of nitrogens with zero attached hydrogens (tertiary/aromatic N) is 2. The molecule has 0 spiro atoms. The van der Waals surface area contributed by atoms with Crippen LogP contribution >= 0.6 is 0 Å². The molecule has 0 radical (unpaired) electrons. The number of aromatic amines is 1. The largest absolute Gasteiger partial charge is 0.497 e. The van der Waals surface area contributed by atoms with Crippen LogP contribution < -0.4 is 4.74 Å². The van der Waals surface area contributed by atoms with Crippen LogP contribution in [0.15, 0.2) is 24.3 Å². The van der Waals surface area contributed by atoms with Crippen molar-refractivity contribution in [3.63, 3.8) is 0 Å². The summed E-state index contributed by atoms with van der Waals surface area (Å²) in [5.41, 5.74) is 2.32. The van der Waals surface area contributed by atoms with E-state index in [4.69, 9.17) is 4.74 Å². The van der Waals surface area contributed by atoms with Crippen molar-refractivity contribution in [2.24, 2.45) is 5.92 Å². The molecule has 1 amide bonds. The SMILES string of the molecule is COc1cccc(-c2nc(C(=O)N3CC[C@@H]4CCC[C@@H]43)c(C)[nH]2)c1. The normalized spacial score (nSPS) is 22.7. The number of carbonyl (C=O) groups is 1. The van der Waals surface area contributed by atoms with Crippen LogP contribution in [0.25, 0.3) is 11.4 Å². The molecule has 1 aromatic carbocycles. The maximum absolute atomic E-state index is 13.0. The number of imidazole rings is 1. The summed E-state index contributed by atoms with van der Waals surface area (Å²) in [5.74, 6) is 2.28. The van der Waals surface area contributed by atoms with E-state index in [2.05, 4.69) is 14.9 Å². The zero-order chi connectivity index (χ0) is 16.7. The molecular weight excluding hydrogens is 302 g/mol. The number of ether oxygens (including phenoxy) is 1. The van der Waals surface area contributed by atoms with Gasteiger partial charge in [0.15, 0.2) is 0 Å². The molecule has 4 rings (SSSR count). The molecule has 5 heteroatoms. The van der Waals surface area contributed by atoms with Crippen LogP contribution in [-0.4, -0.2) is 40.5 Å². The molecule has 1 N–H and O–H groups in total. The Kier molecular flexibility index (Phi) is 3.79. The number of hydrogen-bond donors (Lipinski definition) is 1. The number of fused-ring (bicyclic) bond motifs is 1. The van der Waals surface area contributed by atoms with Crippen molar-refractivity contribution in [3.8, 4) is 17.1 Å². The van der Waals surface area contributed by atoms with Gasteiger partial charge in [0.1, 0.15) is 17.3 Å². The summed E-state index contributed by atoms with van der Waals surface area (Å²) >= 11 is 0. The van der Waals surface area contributed by atoms with Gasteiger partial charge in [0.05, 0.1) is 7.11 Å². The molecule has 24 heavy (non-hydrogen) atoms. The van der Waals surface area contributed by atoms with Gasteiger partial charge in [-0.15, -0.1) is 0 Å². The van der Waals surface area contributed by atoms with Crippen molar-refractivity contribution in [3.05, 3.63) is 35.7 Å². The van der Waals surface area contributed by atoms with E-state index >= 15 is 0 Å². The van der Waals surface area contributed by atoms with E-state index in [9.17, 15) is 4.79 Å². The first-order valence-corrected chi connectivity index (χ1v) is 8.69. The van der Waals surface area contributed by atoms with E-state index in [0.717, 1.165) is 42.2 Å². The molecule has 2 atom stereocenters. The molecule has 1 aliphatic heterocycles. The van der Waals surface area contributed by atoms with Crippen molar-refractivity contribution >= 4 is 5.91 Å². The minimum absolute atomic E-state index is 0.0762. The molecule has 2 heterocycles. The predicted octanol–water partition coefficient (Wildman–Crippen LogP) is 3.41. The molecule has 1 aliphatic carbocycles. The van der Waals surface area contributed by atoms with Gasteiger partial charge in [-0.1, -0.05) is 18.6 Å². The Morgan fingerprint density at radius 1 is 1.33 bits per heavy atom. The maximum atomic E-state index is 13.0. The Labute approximate surface area is 142 Å². The van der Waals surface area contributed by atoms with Crippen molar-refractivity contribution in [2.75, 3.05) is 13.7 Å². The maximum Gasteiger partial charge on any atom is 0.274 e. The van der Waals surface area contributed by atoms with Crippen LogP contribution in [0.1, 0.15) is 41.9 Å². The number of aryl methyl sites for hydroxylation is 1. The molecular formula is C19H23N3O2. The average molecular weight is 325 g/mol. The molecule has 1 saturated carbocycles. The standard InChI is InChI=1S/C19H23N3O2/c1-12-17(19(23)22-10-9-13-5-4-8-16(13)22)21-18(20-12)14-6-3-7-15(11-14)24-2/h3,6-7,11,13,16H,4-5,8-10H2,1-2H3,(H,20,21)/t13-,16-/m0/s1. The van der Waals surface area contributed by atoms with Gasteiger partial charge in [0, 0.05) is 23.8 Å². The summed E-state index contributed by atoms with van der Waals surface area (Å²) in [6.45, 7) is 2.79. The number of aromatic nitrogens is 2. The molecule has 0 bridgehead atoms. The van der Waals surface area contributed by atoms with E-state index in [-0.39, 0.29) is 5.91 Å². The molecule has 5 nitrogen and oxygen atoms in total. The summed E-state index contributed by atoms with van der Waals surface area (Å²) in [7, 11) is 1.65. The molecule has 1 saturated heterocycles. The van der Waals surface area contributed by atoms with Crippen molar-refractivity contribution in [1.29, 1.82) is 0 Å². The van der Waals surface area contributed by atoms with Gasteiger partial charge in [0.25, 0.3) is 5.91 Å². The zero-order valence-electron chi connectivity index (χ0n) is 14.2. The van der Waals surface area contributed by atoms with E-state index < -0.39 is 0 Å². The number of hydrogen-bond acceptors (Lipinski definition) is 3. The molecule has 2 aliphatic rings. The lowest BCUT2D eigenvalue weighted by Crippen LogP contribution is -2.36. The van der Waals surface area contributed by atoms with Gasteiger partial charge >= 0.3 is 0 Å². The number of likely N-dealkylation sites (tertiary alicyclic amines) is 1. The summed E-state index contributed by atoms with van der Waals surface area (Å²) in [6, 6.07) is 8.15. The highest BCUT2D eigenvalue weighted by molar-refractivity contribution is 5.94. The van der Waals surface area contributed by atoms with Crippen LogP contribution in [0.3, 0.4) is 0 Å². The number of carbonyl (C=O) groups excluding carboxylic acids is 1. The van der Waals surface area contributed by atoms with Crippen LogP contribution in [0.5, 0.6) is 5.75 Å². The Hall–Kier alpha value is -2.30.